The summed E-state index contributed by atoms with van der Waals surface area (Å²) in [7, 11) is 6.06. The molecule has 1 aliphatic heterocycles. The summed E-state index contributed by atoms with van der Waals surface area (Å²) in [4.78, 5) is 8.96. The molecule has 1 aliphatic rings. The van der Waals surface area contributed by atoms with E-state index < -0.39 is 0 Å². The van der Waals surface area contributed by atoms with Crippen molar-refractivity contribution in [2.75, 3.05) is 40.8 Å². The molecule has 0 amide bonds. The van der Waals surface area contributed by atoms with Crippen molar-refractivity contribution >= 4 is 24.0 Å². The lowest BCUT2D eigenvalue weighted by Crippen LogP contribution is -2.44. The molecule has 0 aliphatic carbocycles. The van der Waals surface area contributed by atoms with Crippen LogP contribution in [0.25, 0.3) is 0 Å². The minimum Gasteiger partial charge on any atom is -0.337 e. The number of halogens is 2. The van der Waals surface area contributed by atoms with Crippen LogP contribution in [0.2, 0.25) is 5.02 Å². The summed E-state index contributed by atoms with van der Waals surface area (Å²) in [5.74, 6) is 1.31. The van der Waals surface area contributed by atoms with Crippen LogP contribution in [0.3, 0.4) is 0 Å². The van der Waals surface area contributed by atoms with Crippen LogP contribution >= 0.6 is 24.0 Å². The van der Waals surface area contributed by atoms with Crippen LogP contribution < -0.4 is 5.32 Å². The second kappa shape index (κ2) is 8.27. The maximum atomic E-state index is 6.13. The number of nitrogens with zero attached hydrogens (tertiary/aromatic N) is 4. The molecule has 2 atom stereocenters. The van der Waals surface area contributed by atoms with Crippen LogP contribution in [-0.4, -0.2) is 60.7 Å². The highest BCUT2D eigenvalue weighted by Crippen LogP contribution is 2.28. The fraction of sp³-hybridized carbons (Fsp3) is 0.500. The summed E-state index contributed by atoms with van der Waals surface area (Å²) >= 11 is 6.13. The number of nitrogens with one attached hydrogen (secondary N) is 1. The molecule has 1 saturated heterocycles. The fourth-order valence-corrected chi connectivity index (χ4v) is 3.12. The summed E-state index contributed by atoms with van der Waals surface area (Å²) in [5, 5.41) is 8.29. The van der Waals surface area contributed by atoms with Crippen LogP contribution in [0.4, 0.5) is 0 Å². The van der Waals surface area contributed by atoms with Gasteiger partial charge in [0.1, 0.15) is 6.04 Å². The molecular weight excluding hydrogens is 349 g/mol. The molecular formula is C16H23Cl2N5O. The van der Waals surface area contributed by atoms with Crippen LogP contribution in [0.5, 0.6) is 0 Å². The van der Waals surface area contributed by atoms with Crippen molar-refractivity contribution < 1.29 is 4.52 Å². The quantitative estimate of drug-likeness (QED) is 0.890. The van der Waals surface area contributed by atoms with Gasteiger partial charge >= 0.3 is 0 Å². The van der Waals surface area contributed by atoms with Crippen molar-refractivity contribution in [3.05, 3.63) is 46.6 Å². The molecule has 2 heterocycles. The van der Waals surface area contributed by atoms with Gasteiger partial charge in [-0.2, -0.15) is 4.98 Å². The molecule has 8 heteroatoms. The van der Waals surface area contributed by atoms with Crippen LogP contribution in [0.1, 0.15) is 29.4 Å². The van der Waals surface area contributed by atoms with Gasteiger partial charge in [0.25, 0.3) is 0 Å². The van der Waals surface area contributed by atoms with E-state index in [0.717, 1.165) is 31.0 Å². The SMILES string of the molecule is CN(C)C(c1cccc(Cl)c1)c1nc(C2CNCCN2C)no1.Cl. The Kier molecular flexibility index (Phi) is 6.60. The Labute approximate surface area is 153 Å². The van der Waals surface area contributed by atoms with Gasteiger partial charge in [0, 0.05) is 24.7 Å². The molecule has 1 N–H and O–H groups in total. The van der Waals surface area contributed by atoms with Crippen molar-refractivity contribution in [3.8, 4) is 0 Å². The number of likely N-dealkylation sites (N-methyl/N-ethyl adjacent to an activating group) is 1. The second-order valence-corrected chi connectivity index (χ2v) is 6.55. The Morgan fingerprint density at radius 2 is 2.21 bits per heavy atom. The average Bonchev–Trinajstić information content (AvgIpc) is 2.97. The Bertz CT molecular complexity index is 663. The highest BCUT2D eigenvalue weighted by atomic mass is 35.5. The van der Waals surface area contributed by atoms with E-state index in [0.29, 0.717) is 10.9 Å². The minimum atomic E-state index is -0.114. The predicted molar refractivity (Wildman–Crippen MR) is 96.8 cm³/mol. The highest BCUT2D eigenvalue weighted by Gasteiger charge is 2.29. The molecule has 3 rings (SSSR count). The third-order valence-corrected chi connectivity index (χ3v) is 4.42. The summed E-state index contributed by atoms with van der Waals surface area (Å²) < 4.78 is 5.58. The molecule has 2 aromatic rings. The smallest absolute Gasteiger partial charge is 0.248 e. The zero-order chi connectivity index (χ0) is 16.4. The van der Waals surface area contributed by atoms with Gasteiger partial charge < -0.3 is 9.84 Å². The predicted octanol–water partition coefficient (Wildman–Crippen LogP) is 2.37. The first kappa shape index (κ1) is 19.1. The topological polar surface area (TPSA) is 57.4 Å². The number of rotatable bonds is 4. The monoisotopic (exact) mass is 371 g/mol. The summed E-state index contributed by atoms with van der Waals surface area (Å²) in [6, 6.07) is 7.78. The lowest BCUT2D eigenvalue weighted by Gasteiger charge is -2.30. The van der Waals surface area contributed by atoms with E-state index in [1.54, 1.807) is 0 Å². The van der Waals surface area contributed by atoms with Gasteiger partial charge in [-0.3, -0.25) is 9.80 Å². The van der Waals surface area contributed by atoms with Gasteiger partial charge in [0.05, 0.1) is 6.04 Å². The van der Waals surface area contributed by atoms with Crippen LogP contribution in [0, 0.1) is 0 Å². The summed E-state index contributed by atoms with van der Waals surface area (Å²) in [5.41, 5.74) is 1.04. The Balaban J connectivity index is 0.00000208. The molecule has 1 aromatic carbocycles. The normalized spacial score (nSPS) is 20.0. The molecule has 0 radical (unpaired) electrons. The highest BCUT2D eigenvalue weighted by molar-refractivity contribution is 6.30. The lowest BCUT2D eigenvalue weighted by atomic mass is 10.1. The van der Waals surface area contributed by atoms with Crippen LogP contribution in [-0.2, 0) is 0 Å². The summed E-state index contributed by atoms with van der Waals surface area (Å²) in [6.07, 6.45) is 0. The van der Waals surface area contributed by atoms with E-state index in [1.165, 1.54) is 0 Å². The molecule has 24 heavy (non-hydrogen) atoms. The molecule has 1 aromatic heterocycles. The number of aromatic nitrogens is 2. The molecule has 132 valence electrons. The van der Waals surface area contributed by atoms with Gasteiger partial charge in [-0.15, -0.1) is 12.4 Å². The van der Waals surface area contributed by atoms with Crippen molar-refractivity contribution in [3.63, 3.8) is 0 Å². The second-order valence-electron chi connectivity index (χ2n) is 6.11. The van der Waals surface area contributed by atoms with Crippen molar-refractivity contribution in [2.24, 2.45) is 0 Å². The largest absolute Gasteiger partial charge is 0.337 e. The average molecular weight is 372 g/mol. The van der Waals surface area contributed by atoms with Crippen molar-refractivity contribution in [2.45, 2.75) is 12.1 Å². The van der Waals surface area contributed by atoms with Gasteiger partial charge in [-0.05, 0) is 38.8 Å². The molecule has 0 bridgehead atoms. The van der Waals surface area contributed by atoms with Crippen LogP contribution in [0.15, 0.2) is 28.8 Å². The standard InChI is InChI=1S/C16H22ClN5O.ClH/c1-21(2)14(11-5-4-6-12(17)9-11)16-19-15(20-23-16)13-10-18-7-8-22(13)3;/h4-6,9,13-14,18H,7-8,10H2,1-3H3;1H. The van der Waals surface area contributed by atoms with Gasteiger partial charge in [0.2, 0.25) is 5.89 Å². The third-order valence-electron chi connectivity index (χ3n) is 4.18. The Morgan fingerprint density at radius 3 is 2.88 bits per heavy atom. The number of hydrogen-bond donors (Lipinski definition) is 1. The summed E-state index contributed by atoms with van der Waals surface area (Å²) in [6.45, 7) is 2.79. The molecule has 6 nitrogen and oxygen atoms in total. The number of hydrogen-bond acceptors (Lipinski definition) is 6. The zero-order valence-corrected chi connectivity index (χ0v) is 15.6. The number of benzene rings is 1. The van der Waals surface area contributed by atoms with Crippen molar-refractivity contribution in [1.29, 1.82) is 0 Å². The Hall–Kier alpha value is -1.18. The van der Waals surface area contributed by atoms with E-state index in [-0.39, 0.29) is 24.5 Å². The van der Waals surface area contributed by atoms with E-state index in [9.17, 15) is 0 Å². The third kappa shape index (κ3) is 4.07. The maximum Gasteiger partial charge on any atom is 0.248 e. The van der Waals surface area contributed by atoms with Gasteiger partial charge in [0.15, 0.2) is 5.82 Å². The maximum absolute atomic E-state index is 6.13. The fourth-order valence-electron chi connectivity index (χ4n) is 2.93. The first-order chi connectivity index (χ1) is 11.1. The molecule has 2 unspecified atom stereocenters. The van der Waals surface area contributed by atoms with E-state index in [2.05, 4.69) is 27.4 Å². The molecule has 0 saturated carbocycles. The van der Waals surface area contributed by atoms with Gasteiger partial charge in [-0.1, -0.05) is 28.9 Å². The van der Waals surface area contributed by atoms with E-state index in [1.807, 2.05) is 43.3 Å². The number of piperazine rings is 1. The lowest BCUT2D eigenvalue weighted by molar-refractivity contribution is 0.189. The first-order valence-electron chi connectivity index (χ1n) is 7.72. The minimum absolute atomic E-state index is 0. The molecule has 1 fully saturated rings. The molecule has 0 spiro atoms. The van der Waals surface area contributed by atoms with E-state index >= 15 is 0 Å². The van der Waals surface area contributed by atoms with Gasteiger partial charge in [-0.25, -0.2) is 0 Å². The first-order valence-corrected chi connectivity index (χ1v) is 8.10. The zero-order valence-electron chi connectivity index (χ0n) is 14.1. The van der Waals surface area contributed by atoms with E-state index in [4.69, 9.17) is 16.1 Å². The van der Waals surface area contributed by atoms with Crippen molar-refractivity contribution in [1.82, 2.24) is 25.3 Å². The Morgan fingerprint density at radius 1 is 1.42 bits per heavy atom.